The van der Waals surface area contributed by atoms with Gasteiger partial charge in [-0.3, -0.25) is 9.59 Å². The van der Waals surface area contributed by atoms with E-state index in [0.29, 0.717) is 29.8 Å². The molecule has 2 fully saturated rings. The van der Waals surface area contributed by atoms with Crippen molar-refractivity contribution in [3.63, 3.8) is 0 Å². The van der Waals surface area contributed by atoms with Gasteiger partial charge in [0.2, 0.25) is 0 Å². The van der Waals surface area contributed by atoms with Gasteiger partial charge >= 0.3 is 0 Å². The highest BCUT2D eigenvalue weighted by atomic mass is 16.2. The van der Waals surface area contributed by atoms with E-state index >= 15 is 0 Å². The van der Waals surface area contributed by atoms with Crippen molar-refractivity contribution in [2.24, 2.45) is 11.8 Å². The lowest BCUT2D eigenvalue weighted by molar-refractivity contribution is 0.0647. The van der Waals surface area contributed by atoms with Crippen LogP contribution in [0.1, 0.15) is 66.1 Å². The molecule has 0 spiro atoms. The van der Waals surface area contributed by atoms with E-state index in [0.717, 1.165) is 57.4 Å². The Hall–Kier alpha value is -2.63. The average molecular weight is 409 g/mol. The first-order valence-corrected chi connectivity index (χ1v) is 11.2. The third kappa shape index (κ3) is 4.42. The molecule has 3 heterocycles. The second kappa shape index (κ2) is 9.02. The molecule has 0 saturated carbocycles. The van der Waals surface area contributed by atoms with Crippen LogP contribution in [0.5, 0.6) is 0 Å². The molecule has 2 amide bonds. The number of nitrogens with zero attached hydrogens (tertiary/aromatic N) is 4. The Morgan fingerprint density at radius 2 is 1.40 bits per heavy atom. The summed E-state index contributed by atoms with van der Waals surface area (Å²) in [6.07, 6.45) is 5.68. The summed E-state index contributed by atoms with van der Waals surface area (Å²) in [7, 11) is 0. The second-order valence-corrected chi connectivity index (χ2v) is 9.00. The molecule has 160 valence electrons. The molecule has 0 unspecified atom stereocenters. The fourth-order valence-corrected chi connectivity index (χ4v) is 4.39. The van der Waals surface area contributed by atoms with Crippen LogP contribution in [0.25, 0.3) is 0 Å². The summed E-state index contributed by atoms with van der Waals surface area (Å²) in [5.41, 5.74) is 1.84. The van der Waals surface area contributed by atoms with Crippen molar-refractivity contribution in [1.29, 1.82) is 0 Å². The summed E-state index contributed by atoms with van der Waals surface area (Å²) >= 11 is 0. The molecular formula is C24H32N4O2. The summed E-state index contributed by atoms with van der Waals surface area (Å²) in [6.45, 7) is 7.94. The zero-order valence-electron chi connectivity index (χ0n) is 18.1. The van der Waals surface area contributed by atoms with Crippen LogP contribution < -0.4 is 0 Å². The van der Waals surface area contributed by atoms with Crippen LogP contribution in [0.4, 0.5) is 0 Å². The smallest absolute Gasteiger partial charge is 0.274 e. The predicted octanol–water partition coefficient (Wildman–Crippen LogP) is 3.68. The fourth-order valence-electron chi connectivity index (χ4n) is 4.39. The van der Waals surface area contributed by atoms with E-state index < -0.39 is 0 Å². The number of imidazole rings is 1. The number of benzene rings is 1. The number of carbonyl (C=O) groups is 2. The topological polar surface area (TPSA) is 58.4 Å². The van der Waals surface area contributed by atoms with Crippen molar-refractivity contribution in [1.82, 2.24) is 19.4 Å². The van der Waals surface area contributed by atoms with E-state index in [4.69, 9.17) is 0 Å². The molecule has 2 saturated heterocycles. The molecule has 0 N–H and O–H groups in total. The number of piperidine rings is 2. The van der Waals surface area contributed by atoms with E-state index in [-0.39, 0.29) is 11.8 Å². The first kappa shape index (κ1) is 20.6. The van der Waals surface area contributed by atoms with Gasteiger partial charge in [-0.1, -0.05) is 44.2 Å². The van der Waals surface area contributed by atoms with Crippen LogP contribution in [-0.4, -0.2) is 57.3 Å². The van der Waals surface area contributed by atoms with Crippen LogP contribution >= 0.6 is 0 Å². The lowest BCUT2D eigenvalue weighted by atomic mass is 9.98. The fraction of sp³-hybridized carbons (Fsp3) is 0.542. The molecule has 30 heavy (non-hydrogen) atoms. The van der Waals surface area contributed by atoms with Gasteiger partial charge < -0.3 is 14.4 Å². The molecule has 6 heteroatoms. The minimum absolute atomic E-state index is 0.0657. The van der Waals surface area contributed by atoms with Crippen molar-refractivity contribution in [2.45, 2.75) is 46.1 Å². The Kier molecular flexibility index (Phi) is 6.21. The van der Waals surface area contributed by atoms with Gasteiger partial charge in [0.25, 0.3) is 11.8 Å². The van der Waals surface area contributed by atoms with Crippen LogP contribution in [0, 0.1) is 11.8 Å². The number of amides is 2. The van der Waals surface area contributed by atoms with Gasteiger partial charge in [-0.15, -0.1) is 0 Å². The summed E-state index contributed by atoms with van der Waals surface area (Å²) in [6, 6.07) is 10.0. The molecule has 2 aliphatic heterocycles. The molecule has 0 radical (unpaired) electrons. The zero-order valence-corrected chi connectivity index (χ0v) is 18.1. The lowest BCUT2D eigenvalue weighted by Gasteiger charge is -2.32. The predicted molar refractivity (Wildman–Crippen MR) is 116 cm³/mol. The number of hydrogen-bond donors (Lipinski definition) is 0. The molecule has 0 atom stereocenters. The molecular weight excluding hydrogens is 376 g/mol. The quantitative estimate of drug-likeness (QED) is 0.775. The standard InChI is InChI=1S/C24H32N4O2/c1-18-8-12-26(13-9-18)23(29)21-22(24(30)27-14-10-19(2)11-15-27)28(17-25-21)16-20-6-4-3-5-7-20/h3-7,17-19H,8-16H2,1-2H3. The van der Waals surface area contributed by atoms with E-state index in [1.807, 2.05) is 44.7 Å². The molecule has 0 aliphatic carbocycles. The minimum atomic E-state index is -0.109. The Labute approximate surface area is 178 Å². The normalized spacial score (nSPS) is 18.6. The van der Waals surface area contributed by atoms with Crippen molar-refractivity contribution in [3.05, 3.63) is 53.6 Å². The Balaban J connectivity index is 1.64. The highest BCUT2D eigenvalue weighted by molar-refractivity contribution is 6.05. The number of aromatic nitrogens is 2. The first-order valence-electron chi connectivity index (χ1n) is 11.2. The minimum Gasteiger partial charge on any atom is -0.337 e. The van der Waals surface area contributed by atoms with Crippen molar-refractivity contribution >= 4 is 11.8 Å². The summed E-state index contributed by atoms with van der Waals surface area (Å²) in [4.78, 5) is 35.1. The highest BCUT2D eigenvalue weighted by Crippen LogP contribution is 2.23. The maximum atomic E-state index is 13.5. The van der Waals surface area contributed by atoms with E-state index in [2.05, 4.69) is 18.8 Å². The number of carbonyl (C=O) groups excluding carboxylic acids is 2. The maximum absolute atomic E-state index is 13.5. The monoisotopic (exact) mass is 408 g/mol. The van der Waals surface area contributed by atoms with Gasteiger partial charge in [-0.05, 0) is 43.1 Å². The number of rotatable bonds is 4. The van der Waals surface area contributed by atoms with E-state index in [1.165, 1.54) is 0 Å². The van der Waals surface area contributed by atoms with Gasteiger partial charge in [-0.2, -0.15) is 0 Å². The Morgan fingerprint density at radius 1 is 0.867 bits per heavy atom. The van der Waals surface area contributed by atoms with Crippen molar-refractivity contribution < 1.29 is 9.59 Å². The third-order valence-electron chi connectivity index (χ3n) is 6.58. The average Bonchev–Trinajstić information content (AvgIpc) is 3.18. The summed E-state index contributed by atoms with van der Waals surface area (Å²) < 4.78 is 1.86. The van der Waals surface area contributed by atoms with Gasteiger partial charge in [-0.25, -0.2) is 4.98 Å². The molecule has 2 aromatic rings. The third-order valence-corrected chi connectivity index (χ3v) is 6.58. The first-order chi connectivity index (χ1) is 14.5. The van der Waals surface area contributed by atoms with Crippen molar-refractivity contribution in [2.75, 3.05) is 26.2 Å². The lowest BCUT2D eigenvalue weighted by Crippen LogP contribution is -2.42. The SMILES string of the molecule is CC1CCN(C(=O)c2ncn(Cc3ccccc3)c2C(=O)N2CCC(C)CC2)CC1. The van der Waals surface area contributed by atoms with Crippen LogP contribution in [-0.2, 0) is 6.54 Å². The van der Waals surface area contributed by atoms with Crippen LogP contribution in [0.3, 0.4) is 0 Å². The summed E-state index contributed by atoms with van der Waals surface area (Å²) in [5, 5.41) is 0. The van der Waals surface area contributed by atoms with Crippen LogP contribution in [0.15, 0.2) is 36.7 Å². The van der Waals surface area contributed by atoms with E-state index in [1.54, 1.807) is 6.33 Å². The molecule has 6 nitrogen and oxygen atoms in total. The molecule has 1 aromatic heterocycles. The van der Waals surface area contributed by atoms with E-state index in [9.17, 15) is 9.59 Å². The van der Waals surface area contributed by atoms with Gasteiger partial charge in [0.05, 0.1) is 6.33 Å². The number of hydrogen-bond acceptors (Lipinski definition) is 3. The molecule has 0 bridgehead atoms. The van der Waals surface area contributed by atoms with Gasteiger partial charge in [0.1, 0.15) is 5.69 Å². The Bertz CT molecular complexity index is 876. The molecule has 1 aromatic carbocycles. The van der Waals surface area contributed by atoms with Gasteiger partial charge in [0, 0.05) is 32.7 Å². The second-order valence-electron chi connectivity index (χ2n) is 9.00. The Morgan fingerprint density at radius 3 is 1.97 bits per heavy atom. The van der Waals surface area contributed by atoms with Gasteiger partial charge in [0.15, 0.2) is 5.69 Å². The number of likely N-dealkylation sites (tertiary alicyclic amines) is 2. The van der Waals surface area contributed by atoms with Crippen molar-refractivity contribution in [3.8, 4) is 0 Å². The molecule has 2 aliphatic rings. The largest absolute Gasteiger partial charge is 0.337 e. The maximum Gasteiger partial charge on any atom is 0.274 e. The van der Waals surface area contributed by atoms with Crippen LogP contribution in [0.2, 0.25) is 0 Å². The highest BCUT2D eigenvalue weighted by Gasteiger charge is 2.32. The zero-order chi connectivity index (χ0) is 21.1. The molecule has 4 rings (SSSR count). The summed E-state index contributed by atoms with van der Waals surface area (Å²) in [5.74, 6) is 1.10.